The molecule has 1 aromatic rings. The van der Waals surface area contributed by atoms with E-state index in [1.54, 1.807) is 4.90 Å². The Bertz CT molecular complexity index is 376. The number of hydrogen-bond donors (Lipinski definition) is 1. The number of morpholine rings is 1. The van der Waals surface area contributed by atoms with Crippen molar-refractivity contribution in [1.29, 1.82) is 0 Å². The minimum atomic E-state index is -0.722. The van der Waals surface area contributed by atoms with Crippen LogP contribution in [0.15, 0.2) is 12.3 Å². The third-order valence-electron chi connectivity index (χ3n) is 2.50. The van der Waals surface area contributed by atoms with Crippen LogP contribution in [-0.2, 0) is 4.74 Å². The third kappa shape index (κ3) is 2.12. The molecular weight excluding hydrogens is 218 g/mol. The lowest BCUT2D eigenvalue weighted by molar-refractivity contribution is 0.0719. The Morgan fingerprint density at radius 3 is 3.06 bits per heavy atom. The van der Waals surface area contributed by atoms with Crippen molar-refractivity contribution in [1.82, 2.24) is 4.98 Å². The molecule has 1 fully saturated rings. The molecule has 1 aliphatic heterocycles. The van der Waals surface area contributed by atoms with E-state index in [2.05, 4.69) is 4.98 Å². The standard InChI is InChI=1S/C10H12F2N2O2/c11-7-3-9(12)10(13-4-7)14-1-2-16-6-8(14)5-15/h3-4,8,15H,1-2,5-6H2. The normalized spacial score (nSPS) is 21.2. The number of halogens is 2. The van der Waals surface area contributed by atoms with Gasteiger partial charge in [-0.2, -0.15) is 0 Å². The molecular formula is C10H12F2N2O2. The first kappa shape index (κ1) is 11.2. The van der Waals surface area contributed by atoms with Gasteiger partial charge in [0, 0.05) is 12.6 Å². The van der Waals surface area contributed by atoms with Crippen LogP contribution in [0.4, 0.5) is 14.6 Å². The van der Waals surface area contributed by atoms with Crippen LogP contribution in [0.25, 0.3) is 0 Å². The third-order valence-corrected chi connectivity index (χ3v) is 2.50. The summed E-state index contributed by atoms with van der Waals surface area (Å²) >= 11 is 0. The van der Waals surface area contributed by atoms with Crippen LogP contribution in [0.2, 0.25) is 0 Å². The van der Waals surface area contributed by atoms with Gasteiger partial charge in [0.05, 0.1) is 32.1 Å². The molecule has 88 valence electrons. The fourth-order valence-corrected chi connectivity index (χ4v) is 1.70. The van der Waals surface area contributed by atoms with Gasteiger partial charge in [-0.3, -0.25) is 0 Å². The van der Waals surface area contributed by atoms with E-state index in [4.69, 9.17) is 9.84 Å². The summed E-state index contributed by atoms with van der Waals surface area (Å²) in [5.41, 5.74) is 0. The van der Waals surface area contributed by atoms with Crippen molar-refractivity contribution in [3.8, 4) is 0 Å². The summed E-state index contributed by atoms with van der Waals surface area (Å²) in [6.07, 6.45) is 0.961. The zero-order valence-electron chi connectivity index (χ0n) is 8.57. The van der Waals surface area contributed by atoms with Crippen molar-refractivity contribution in [2.75, 3.05) is 31.3 Å². The molecule has 4 nitrogen and oxygen atoms in total. The van der Waals surface area contributed by atoms with Crippen LogP contribution in [0, 0.1) is 11.6 Å². The highest BCUT2D eigenvalue weighted by Gasteiger charge is 2.25. The van der Waals surface area contributed by atoms with Crippen molar-refractivity contribution >= 4 is 5.82 Å². The van der Waals surface area contributed by atoms with Gasteiger partial charge >= 0.3 is 0 Å². The summed E-state index contributed by atoms with van der Waals surface area (Å²) in [6, 6.07) is 0.452. The average Bonchev–Trinajstić information content (AvgIpc) is 2.29. The fourth-order valence-electron chi connectivity index (χ4n) is 1.70. The molecule has 1 atom stereocenters. The maximum absolute atomic E-state index is 13.5. The van der Waals surface area contributed by atoms with Crippen LogP contribution in [0.5, 0.6) is 0 Å². The van der Waals surface area contributed by atoms with Crippen molar-refractivity contribution in [3.05, 3.63) is 23.9 Å². The van der Waals surface area contributed by atoms with Crippen LogP contribution in [0.1, 0.15) is 0 Å². The lowest BCUT2D eigenvalue weighted by atomic mass is 10.2. The minimum Gasteiger partial charge on any atom is -0.394 e. The summed E-state index contributed by atoms with van der Waals surface area (Å²) in [4.78, 5) is 5.30. The summed E-state index contributed by atoms with van der Waals surface area (Å²) in [7, 11) is 0. The molecule has 0 spiro atoms. The predicted molar refractivity (Wildman–Crippen MR) is 53.2 cm³/mol. The lowest BCUT2D eigenvalue weighted by Gasteiger charge is -2.35. The molecule has 0 amide bonds. The number of anilines is 1. The van der Waals surface area contributed by atoms with Gasteiger partial charge in [-0.15, -0.1) is 0 Å². The highest BCUT2D eigenvalue weighted by Crippen LogP contribution is 2.20. The molecule has 1 unspecified atom stereocenters. The van der Waals surface area contributed by atoms with Crippen LogP contribution in [-0.4, -0.2) is 42.5 Å². The summed E-state index contributed by atoms with van der Waals surface area (Å²) in [5.74, 6) is -1.38. The van der Waals surface area contributed by atoms with E-state index in [0.29, 0.717) is 19.8 Å². The Morgan fingerprint density at radius 2 is 2.38 bits per heavy atom. The number of nitrogens with zero attached hydrogens (tertiary/aromatic N) is 2. The van der Waals surface area contributed by atoms with E-state index in [1.165, 1.54) is 0 Å². The Balaban J connectivity index is 2.27. The number of ether oxygens (including phenoxy) is 1. The summed E-state index contributed by atoms with van der Waals surface area (Å²) in [5, 5.41) is 9.12. The molecule has 1 aromatic heterocycles. The van der Waals surface area contributed by atoms with Gasteiger partial charge in [0.1, 0.15) is 5.82 Å². The minimum absolute atomic E-state index is 0.0590. The van der Waals surface area contributed by atoms with Gasteiger partial charge in [-0.05, 0) is 0 Å². The van der Waals surface area contributed by atoms with Crippen molar-refractivity contribution in [2.45, 2.75) is 6.04 Å². The SMILES string of the molecule is OCC1COCCN1c1ncc(F)cc1F. The number of pyridine rings is 1. The molecule has 0 bridgehead atoms. The molecule has 1 saturated heterocycles. The first-order valence-electron chi connectivity index (χ1n) is 4.98. The molecule has 2 heterocycles. The van der Waals surface area contributed by atoms with Gasteiger partial charge in [-0.25, -0.2) is 13.8 Å². The van der Waals surface area contributed by atoms with Crippen LogP contribution >= 0.6 is 0 Å². The second-order valence-corrected chi connectivity index (χ2v) is 3.56. The van der Waals surface area contributed by atoms with Crippen LogP contribution < -0.4 is 4.90 Å². The molecule has 0 saturated carbocycles. The zero-order chi connectivity index (χ0) is 11.5. The Morgan fingerprint density at radius 1 is 1.56 bits per heavy atom. The fraction of sp³-hybridized carbons (Fsp3) is 0.500. The summed E-state index contributed by atoms with van der Waals surface area (Å²) < 4.78 is 31.3. The topological polar surface area (TPSA) is 45.6 Å². The van der Waals surface area contributed by atoms with Crippen molar-refractivity contribution in [3.63, 3.8) is 0 Å². The van der Waals surface area contributed by atoms with E-state index in [0.717, 1.165) is 12.3 Å². The monoisotopic (exact) mass is 230 g/mol. The molecule has 0 radical (unpaired) electrons. The zero-order valence-corrected chi connectivity index (χ0v) is 8.57. The molecule has 2 rings (SSSR count). The van der Waals surface area contributed by atoms with E-state index in [-0.39, 0.29) is 18.5 Å². The van der Waals surface area contributed by atoms with Crippen molar-refractivity contribution in [2.24, 2.45) is 0 Å². The largest absolute Gasteiger partial charge is 0.394 e. The number of hydrogen-bond acceptors (Lipinski definition) is 4. The molecule has 0 aliphatic carbocycles. The first-order chi connectivity index (χ1) is 7.72. The van der Waals surface area contributed by atoms with Gasteiger partial charge in [-0.1, -0.05) is 0 Å². The quantitative estimate of drug-likeness (QED) is 0.806. The van der Waals surface area contributed by atoms with E-state index < -0.39 is 11.6 Å². The van der Waals surface area contributed by atoms with Gasteiger partial charge in [0.15, 0.2) is 11.6 Å². The number of aromatic nitrogens is 1. The Labute approximate surface area is 91.5 Å². The second kappa shape index (κ2) is 4.71. The second-order valence-electron chi connectivity index (χ2n) is 3.56. The van der Waals surface area contributed by atoms with Crippen LogP contribution in [0.3, 0.4) is 0 Å². The van der Waals surface area contributed by atoms with Gasteiger partial charge in [0.2, 0.25) is 0 Å². The molecule has 1 N–H and O–H groups in total. The molecule has 16 heavy (non-hydrogen) atoms. The Hall–Kier alpha value is -1.27. The number of aliphatic hydroxyl groups excluding tert-OH is 1. The number of rotatable bonds is 2. The molecule has 0 aromatic carbocycles. The maximum Gasteiger partial charge on any atom is 0.168 e. The van der Waals surface area contributed by atoms with E-state index in [9.17, 15) is 8.78 Å². The number of aliphatic hydroxyl groups is 1. The van der Waals surface area contributed by atoms with Gasteiger partial charge in [0.25, 0.3) is 0 Å². The highest BCUT2D eigenvalue weighted by atomic mass is 19.1. The maximum atomic E-state index is 13.5. The molecule has 1 aliphatic rings. The smallest absolute Gasteiger partial charge is 0.168 e. The molecule has 6 heteroatoms. The van der Waals surface area contributed by atoms with E-state index >= 15 is 0 Å². The lowest BCUT2D eigenvalue weighted by Crippen LogP contribution is -2.48. The Kier molecular flexibility index (Phi) is 3.31. The first-order valence-corrected chi connectivity index (χ1v) is 4.98. The summed E-state index contributed by atoms with van der Waals surface area (Å²) in [6.45, 7) is 1.03. The van der Waals surface area contributed by atoms with E-state index in [1.807, 2.05) is 0 Å². The highest BCUT2D eigenvalue weighted by molar-refractivity contribution is 5.41. The van der Waals surface area contributed by atoms with Gasteiger partial charge < -0.3 is 14.7 Å². The predicted octanol–water partition coefficient (Wildman–Crippen LogP) is 0.557. The average molecular weight is 230 g/mol. The van der Waals surface area contributed by atoms with Crippen molar-refractivity contribution < 1.29 is 18.6 Å².